The van der Waals surface area contributed by atoms with Crippen LogP contribution in [0.3, 0.4) is 0 Å². The van der Waals surface area contributed by atoms with Gasteiger partial charge < -0.3 is 4.90 Å². The van der Waals surface area contributed by atoms with E-state index in [0.29, 0.717) is 16.6 Å². The molecule has 0 spiro atoms. The molecule has 3 nitrogen and oxygen atoms in total. The first-order chi connectivity index (χ1) is 7.59. The van der Waals surface area contributed by atoms with Crippen molar-refractivity contribution in [2.45, 2.75) is 25.1 Å². The summed E-state index contributed by atoms with van der Waals surface area (Å²) in [4.78, 5) is 10.5. The molecule has 2 unspecified atom stereocenters. The van der Waals surface area contributed by atoms with E-state index in [2.05, 4.69) is 44.6 Å². The van der Waals surface area contributed by atoms with E-state index in [1.165, 1.54) is 0 Å². The summed E-state index contributed by atoms with van der Waals surface area (Å²) >= 11 is 11.3. The SMILES string of the molecule is CC1SCCN(c2nc(Cl)ncc2Br)C1C. The summed E-state index contributed by atoms with van der Waals surface area (Å²) < 4.78 is 0.905. The van der Waals surface area contributed by atoms with Crippen LogP contribution in [0.1, 0.15) is 13.8 Å². The van der Waals surface area contributed by atoms with Crippen molar-refractivity contribution in [3.63, 3.8) is 0 Å². The van der Waals surface area contributed by atoms with Crippen LogP contribution in [0.5, 0.6) is 0 Å². The molecule has 2 atom stereocenters. The van der Waals surface area contributed by atoms with E-state index in [-0.39, 0.29) is 0 Å². The number of hydrogen-bond donors (Lipinski definition) is 0. The average Bonchev–Trinajstić information content (AvgIpc) is 2.26. The average molecular weight is 323 g/mol. The van der Waals surface area contributed by atoms with Crippen molar-refractivity contribution in [2.75, 3.05) is 17.2 Å². The van der Waals surface area contributed by atoms with Crippen LogP contribution in [0.15, 0.2) is 10.7 Å². The molecule has 0 saturated carbocycles. The first-order valence-corrected chi connectivity index (χ1v) is 7.38. The van der Waals surface area contributed by atoms with E-state index in [0.717, 1.165) is 22.6 Å². The van der Waals surface area contributed by atoms with Crippen molar-refractivity contribution >= 4 is 45.1 Å². The van der Waals surface area contributed by atoms with Crippen molar-refractivity contribution in [3.05, 3.63) is 16.0 Å². The van der Waals surface area contributed by atoms with E-state index in [9.17, 15) is 0 Å². The molecule has 1 aromatic heterocycles. The summed E-state index contributed by atoms with van der Waals surface area (Å²) in [6.45, 7) is 5.47. The summed E-state index contributed by atoms with van der Waals surface area (Å²) in [5.41, 5.74) is 0. The van der Waals surface area contributed by atoms with Crippen molar-refractivity contribution < 1.29 is 0 Å². The van der Waals surface area contributed by atoms with Crippen LogP contribution in [0.25, 0.3) is 0 Å². The lowest BCUT2D eigenvalue weighted by Crippen LogP contribution is -2.45. The van der Waals surface area contributed by atoms with Gasteiger partial charge in [-0.1, -0.05) is 6.92 Å². The molecule has 1 aliphatic rings. The monoisotopic (exact) mass is 321 g/mol. The highest BCUT2D eigenvalue weighted by Gasteiger charge is 2.27. The topological polar surface area (TPSA) is 29.0 Å². The lowest BCUT2D eigenvalue weighted by molar-refractivity contribution is 0.618. The number of rotatable bonds is 1. The molecule has 2 heterocycles. The van der Waals surface area contributed by atoms with E-state index in [4.69, 9.17) is 11.6 Å². The molecule has 0 bridgehead atoms. The summed E-state index contributed by atoms with van der Waals surface area (Å²) in [6.07, 6.45) is 1.71. The minimum atomic E-state index is 0.302. The predicted molar refractivity (Wildman–Crippen MR) is 73.5 cm³/mol. The molecular formula is C10H13BrClN3S. The summed E-state index contributed by atoms with van der Waals surface area (Å²) in [6, 6.07) is 0.459. The third-order valence-corrected chi connectivity index (χ3v) is 4.93. The smallest absolute Gasteiger partial charge is 0.224 e. The largest absolute Gasteiger partial charge is 0.351 e. The molecule has 1 fully saturated rings. The predicted octanol–water partition coefficient (Wildman–Crippen LogP) is 3.22. The van der Waals surface area contributed by atoms with Gasteiger partial charge in [-0.05, 0) is 34.5 Å². The van der Waals surface area contributed by atoms with Gasteiger partial charge in [-0.25, -0.2) is 4.98 Å². The Labute approximate surface area is 113 Å². The van der Waals surface area contributed by atoms with Crippen LogP contribution in [0.4, 0.5) is 5.82 Å². The third-order valence-electron chi connectivity index (χ3n) is 2.85. The Balaban J connectivity index is 2.31. The molecule has 6 heteroatoms. The fourth-order valence-electron chi connectivity index (χ4n) is 1.77. The molecule has 0 N–H and O–H groups in total. The first-order valence-electron chi connectivity index (χ1n) is 5.16. The van der Waals surface area contributed by atoms with E-state index in [1.54, 1.807) is 6.20 Å². The lowest BCUT2D eigenvalue weighted by atomic mass is 10.2. The molecule has 0 radical (unpaired) electrons. The van der Waals surface area contributed by atoms with E-state index < -0.39 is 0 Å². The van der Waals surface area contributed by atoms with Crippen molar-refractivity contribution in [1.29, 1.82) is 0 Å². The molecule has 2 rings (SSSR count). The summed E-state index contributed by atoms with van der Waals surface area (Å²) in [5, 5.41) is 0.908. The molecule has 0 amide bonds. The van der Waals surface area contributed by atoms with Crippen LogP contribution in [-0.4, -0.2) is 33.6 Å². The molecule has 1 saturated heterocycles. The summed E-state index contributed by atoms with van der Waals surface area (Å²) in [5.74, 6) is 2.03. The fourth-order valence-corrected chi connectivity index (χ4v) is 3.42. The van der Waals surface area contributed by atoms with Crippen molar-refractivity contribution in [2.24, 2.45) is 0 Å². The quantitative estimate of drug-likeness (QED) is 0.742. The number of nitrogens with zero attached hydrogens (tertiary/aromatic N) is 3. The maximum absolute atomic E-state index is 5.85. The van der Waals surface area contributed by atoms with Gasteiger partial charge in [0.1, 0.15) is 5.82 Å². The minimum absolute atomic E-state index is 0.302. The van der Waals surface area contributed by atoms with Crippen LogP contribution < -0.4 is 4.90 Å². The summed E-state index contributed by atoms with van der Waals surface area (Å²) in [7, 11) is 0. The van der Waals surface area contributed by atoms with Gasteiger partial charge in [-0.2, -0.15) is 16.7 Å². The number of aromatic nitrogens is 2. The maximum atomic E-state index is 5.85. The first kappa shape index (κ1) is 12.5. The Hall–Kier alpha value is -0.000000000000000111. The molecular weight excluding hydrogens is 310 g/mol. The Morgan fingerprint density at radius 2 is 2.31 bits per heavy atom. The Bertz CT molecular complexity index is 390. The van der Waals surface area contributed by atoms with Gasteiger partial charge in [0.15, 0.2) is 0 Å². The van der Waals surface area contributed by atoms with Crippen molar-refractivity contribution in [1.82, 2.24) is 9.97 Å². The molecule has 16 heavy (non-hydrogen) atoms. The van der Waals surface area contributed by atoms with Crippen LogP contribution in [0.2, 0.25) is 5.28 Å². The standard InChI is InChI=1S/C10H13BrClN3S/c1-6-7(2)16-4-3-15(6)9-8(11)5-13-10(12)14-9/h5-7H,3-4H2,1-2H3. The lowest BCUT2D eigenvalue weighted by Gasteiger charge is -2.38. The second-order valence-corrected chi connectivity index (χ2v) is 6.50. The van der Waals surface area contributed by atoms with Crippen molar-refractivity contribution in [3.8, 4) is 0 Å². The van der Waals surface area contributed by atoms with Gasteiger partial charge in [0.2, 0.25) is 5.28 Å². The highest BCUT2D eigenvalue weighted by Crippen LogP contribution is 2.32. The second kappa shape index (κ2) is 5.10. The third kappa shape index (κ3) is 2.46. The number of thioether (sulfide) groups is 1. The highest BCUT2D eigenvalue weighted by molar-refractivity contribution is 9.10. The molecule has 88 valence electrons. The Morgan fingerprint density at radius 3 is 3.06 bits per heavy atom. The number of halogens is 2. The Morgan fingerprint density at radius 1 is 1.56 bits per heavy atom. The van der Waals surface area contributed by atoms with E-state index in [1.807, 2.05) is 11.8 Å². The molecule has 1 aromatic rings. The normalized spacial score (nSPS) is 25.9. The van der Waals surface area contributed by atoms with E-state index >= 15 is 0 Å². The zero-order chi connectivity index (χ0) is 11.7. The highest BCUT2D eigenvalue weighted by atomic mass is 79.9. The van der Waals surface area contributed by atoms with Crippen LogP contribution in [0, 0.1) is 0 Å². The van der Waals surface area contributed by atoms with Gasteiger partial charge in [-0.15, -0.1) is 0 Å². The Kier molecular flexibility index (Phi) is 3.97. The second-order valence-electron chi connectivity index (χ2n) is 3.82. The zero-order valence-electron chi connectivity index (χ0n) is 9.15. The zero-order valence-corrected chi connectivity index (χ0v) is 12.3. The number of anilines is 1. The van der Waals surface area contributed by atoms with Gasteiger partial charge in [-0.3, -0.25) is 0 Å². The minimum Gasteiger partial charge on any atom is -0.351 e. The van der Waals surface area contributed by atoms with Gasteiger partial charge >= 0.3 is 0 Å². The maximum Gasteiger partial charge on any atom is 0.224 e. The fraction of sp³-hybridized carbons (Fsp3) is 0.600. The van der Waals surface area contributed by atoms with Crippen LogP contribution >= 0.6 is 39.3 Å². The molecule has 0 aliphatic carbocycles. The van der Waals surface area contributed by atoms with Gasteiger partial charge in [0.25, 0.3) is 0 Å². The van der Waals surface area contributed by atoms with Crippen LogP contribution in [-0.2, 0) is 0 Å². The van der Waals surface area contributed by atoms with Gasteiger partial charge in [0.05, 0.1) is 4.47 Å². The van der Waals surface area contributed by atoms with Gasteiger partial charge in [0, 0.05) is 29.8 Å². The molecule has 1 aliphatic heterocycles. The number of hydrogen-bond acceptors (Lipinski definition) is 4. The molecule has 0 aromatic carbocycles.